The molecule has 2 aromatic carbocycles. The number of amides is 1. The van der Waals surface area contributed by atoms with Crippen molar-refractivity contribution in [3.8, 4) is 11.4 Å². The molecule has 1 aliphatic heterocycles. The van der Waals surface area contributed by atoms with Crippen molar-refractivity contribution in [2.45, 2.75) is 57.8 Å². The van der Waals surface area contributed by atoms with E-state index in [-0.39, 0.29) is 0 Å². The largest absolute Gasteiger partial charge is 0.480 e. The van der Waals surface area contributed by atoms with Gasteiger partial charge in [0.05, 0.1) is 17.7 Å². The fourth-order valence-electron chi connectivity index (χ4n) is 4.12. The van der Waals surface area contributed by atoms with Crippen molar-refractivity contribution in [2.75, 3.05) is 5.32 Å². The van der Waals surface area contributed by atoms with Crippen LogP contribution in [0.1, 0.15) is 47.1 Å². The molecule has 0 spiro atoms. The highest BCUT2D eigenvalue weighted by atomic mass is 19.4. The zero-order valence-electron chi connectivity index (χ0n) is 20.2. The Labute approximate surface area is 215 Å². The Bertz CT molecular complexity index is 1460. The SMILES string of the molecule is C[C@H](Oc1cc(-n2nc3n(c2=O)CCCC3)c(F)cc1C(=O)Nc1cccc(C(F)(F)F)c1CO)C(F)(F)F. The lowest BCUT2D eigenvalue weighted by Gasteiger charge is -2.21. The average Bonchev–Trinajstić information content (AvgIpc) is 3.19. The fourth-order valence-corrected chi connectivity index (χ4v) is 4.12. The van der Waals surface area contributed by atoms with Crippen LogP contribution in [0, 0.1) is 5.82 Å². The first-order chi connectivity index (χ1) is 18.2. The molecule has 1 aliphatic rings. The van der Waals surface area contributed by atoms with Crippen LogP contribution < -0.4 is 15.7 Å². The first-order valence-corrected chi connectivity index (χ1v) is 11.6. The van der Waals surface area contributed by atoms with Crippen molar-refractivity contribution in [1.29, 1.82) is 0 Å². The quantitative estimate of drug-likeness (QED) is 0.428. The van der Waals surface area contributed by atoms with Crippen LogP contribution in [0.4, 0.5) is 36.4 Å². The molecular formula is C24H21F7N4O4. The number of hydrogen-bond acceptors (Lipinski definition) is 5. The number of benzene rings is 2. The van der Waals surface area contributed by atoms with Gasteiger partial charge in [-0.3, -0.25) is 9.36 Å². The molecule has 0 aliphatic carbocycles. The van der Waals surface area contributed by atoms with Gasteiger partial charge in [-0.15, -0.1) is 5.10 Å². The summed E-state index contributed by atoms with van der Waals surface area (Å²) in [5.41, 5.74) is -4.60. The molecule has 0 bridgehead atoms. The molecule has 8 nitrogen and oxygen atoms in total. The number of alkyl halides is 6. The maximum Gasteiger partial charge on any atom is 0.425 e. The summed E-state index contributed by atoms with van der Waals surface area (Å²) >= 11 is 0. The number of anilines is 1. The number of hydrogen-bond donors (Lipinski definition) is 2. The Morgan fingerprint density at radius 1 is 1.18 bits per heavy atom. The minimum Gasteiger partial charge on any atom is -0.480 e. The zero-order valence-corrected chi connectivity index (χ0v) is 20.2. The summed E-state index contributed by atoms with van der Waals surface area (Å²) < 4.78 is 102. The monoisotopic (exact) mass is 562 g/mol. The molecule has 1 aromatic heterocycles. The number of nitrogens with one attached hydrogen (secondary N) is 1. The Kier molecular flexibility index (Phi) is 7.47. The predicted molar refractivity (Wildman–Crippen MR) is 122 cm³/mol. The predicted octanol–water partition coefficient (Wildman–Crippen LogP) is 4.60. The van der Waals surface area contributed by atoms with E-state index in [0.29, 0.717) is 55.0 Å². The Hall–Kier alpha value is -3.88. The van der Waals surface area contributed by atoms with Gasteiger partial charge in [-0.05, 0) is 38.0 Å². The van der Waals surface area contributed by atoms with E-state index < -0.39 is 76.3 Å². The number of rotatable bonds is 6. The molecular weight excluding hydrogens is 541 g/mol. The third kappa shape index (κ3) is 5.62. The summed E-state index contributed by atoms with van der Waals surface area (Å²) in [7, 11) is 0. The fraction of sp³-hybridized carbons (Fsp3) is 0.375. The number of aromatic nitrogens is 3. The summed E-state index contributed by atoms with van der Waals surface area (Å²) in [4.78, 5) is 25.8. The van der Waals surface area contributed by atoms with Crippen molar-refractivity contribution >= 4 is 11.6 Å². The molecule has 210 valence electrons. The minimum atomic E-state index is -4.91. The van der Waals surface area contributed by atoms with Gasteiger partial charge in [0.15, 0.2) is 6.10 Å². The second-order valence-electron chi connectivity index (χ2n) is 8.76. The lowest BCUT2D eigenvalue weighted by Crippen LogP contribution is -2.32. The number of halogens is 7. The van der Waals surface area contributed by atoms with Gasteiger partial charge in [-0.25, -0.2) is 9.18 Å². The van der Waals surface area contributed by atoms with E-state index >= 15 is 4.39 Å². The van der Waals surface area contributed by atoms with Crippen LogP contribution in [0.25, 0.3) is 5.69 Å². The van der Waals surface area contributed by atoms with Gasteiger partial charge in [0.2, 0.25) is 0 Å². The van der Waals surface area contributed by atoms with E-state index in [4.69, 9.17) is 4.74 Å². The van der Waals surface area contributed by atoms with E-state index in [0.717, 1.165) is 18.6 Å². The summed E-state index contributed by atoms with van der Waals surface area (Å²) in [6.45, 7) is -0.196. The van der Waals surface area contributed by atoms with Crippen LogP contribution in [0.15, 0.2) is 35.1 Å². The van der Waals surface area contributed by atoms with Gasteiger partial charge >= 0.3 is 18.0 Å². The first kappa shape index (κ1) is 28.1. The van der Waals surface area contributed by atoms with E-state index in [2.05, 4.69) is 10.4 Å². The number of nitrogens with zero attached hydrogens (tertiary/aromatic N) is 3. The van der Waals surface area contributed by atoms with Crippen LogP contribution >= 0.6 is 0 Å². The van der Waals surface area contributed by atoms with Crippen LogP contribution in [-0.4, -0.2) is 37.6 Å². The summed E-state index contributed by atoms with van der Waals surface area (Å²) in [6, 6.07) is 3.83. The van der Waals surface area contributed by atoms with Crippen LogP contribution in [0.2, 0.25) is 0 Å². The molecule has 4 rings (SSSR count). The molecule has 1 atom stereocenters. The number of ether oxygens (including phenoxy) is 1. The van der Waals surface area contributed by atoms with Crippen LogP contribution in [-0.2, 0) is 25.7 Å². The smallest absolute Gasteiger partial charge is 0.425 e. The maximum atomic E-state index is 15.2. The highest BCUT2D eigenvalue weighted by molar-refractivity contribution is 6.06. The number of aliphatic hydroxyl groups excluding tert-OH is 1. The van der Waals surface area contributed by atoms with Crippen LogP contribution in [0.3, 0.4) is 0 Å². The number of aryl methyl sites for hydroxylation is 1. The number of carbonyl (C=O) groups is 1. The van der Waals surface area contributed by atoms with E-state index in [1.54, 1.807) is 0 Å². The van der Waals surface area contributed by atoms with Gasteiger partial charge < -0.3 is 15.2 Å². The lowest BCUT2D eigenvalue weighted by atomic mass is 10.0. The molecule has 3 aromatic rings. The zero-order chi connectivity index (χ0) is 28.7. The van der Waals surface area contributed by atoms with Crippen molar-refractivity contribution < 1.29 is 45.4 Å². The molecule has 0 radical (unpaired) electrons. The second kappa shape index (κ2) is 10.4. The number of carbonyl (C=O) groups excluding carboxylic acids is 1. The highest BCUT2D eigenvalue weighted by Crippen LogP contribution is 2.36. The van der Waals surface area contributed by atoms with Crippen LogP contribution in [0.5, 0.6) is 5.75 Å². The van der Waals surface area contributed by atoms with Crippen molar-refractivity contribution in [2.24, 2.45) is 0 Å². The van der Waals surface area contributed by atoms with E-state index in [1.165, 1.54) is 4.57 Å². The van der Waals surface area contributed by atoms with E-state index in [9.17, 15) is 41.0 Å². The summed E-state index contributed by atoms with van der Waals surface area (Å²) in [6.07, 6.45) is -10.5. The first-order valence-electron chi connectivity index (χ1n) is 11.6. The van der Waals surface area contributed by atoms with E-state index in [1.807, 2.05) is 0 Å². The third-order valence-electron chi connectivity index (χ3n) is 6.15. The molecule has 0 unspecified atom stereocenters. The summed E-state index contributed by atoms with van der Waals surface area (Å²) in [5.74, 6) is -3.00. The van der Waals surface area contributed by atoms with Gasteiger partial charge in [0, 0.05) is 30.3 Å². The molecule has 39 heavy (non-hydrogen) atoms. The molecule has 1 amide bonds. The number of aliphatic hydroxyl groups is 1. The molecule has 15 heteroatoms. The van der Waals surface area contributed by atoms with Crippen molar-refractivity contribution in [1.82, 2.24) is 14.3 Å². The molecule has 0 fully saturated rings. The molecule has 0 saturated heterocycles. The second-order valence-corrected chi connectivity index (χ2v) is 8.76. The minimum absolute atomic E-state index is 0.314. The van der Waals surface area contributed by atoms with Crippen molar-refractivity contribution in [3.05, 3.63) is 69.1 Å². The highest BCUT2D eigenvalue weighted by Gasteiger charge is 2.39. The molecule has 2 N–H and O–H groups in total. The maximum absolute atomic E-state index is 15.2. The average molecular weight is 562 g/mol. The Morgan fingerprint density at radius 3 is 2.51 bits per heavy atom. The molecule has 2 heterocycles. The third-order valence-corrected chi connectivity index (χ3v) is 6.15. The molecule has 0 saturated carbocycles. The Morgan fingerprint density at radius 2 is 1.90 bits per heavy atom. The van der Waals surface area contributed by atoms with Gasteiger partial charge in [-0.1, -0.05) is 6.07 Å². The van der Waals surface area contributed by atoms with Gasteiger partial charge in [-0.2, -0.15) is 31.0 Å². The number of fused-ring (bicyclic) bond motifs is 1. The normalized spacial score (nSPS) is 14.6. The van der Waals surface area contributed by atoms with Gasteiger partial charge in [0.25, 0.3) is 5.91 Å². The van der Waals surface area contributed by atoms with Crippen molar-refractivity contribution in [3.63, 3.8) is 0 Å². The van der Waals surface area contributed by atoms with Gasteiger partial charge in [0.1, 0.15) is 23.1 Å². The summed E-state index contributed by atoms with van der Waals surface area (Å²) in [5, 5.41) is 15.6. The Balaban J connectivity index is 1.80. The topological polar surface area (TPSA) is 98.4 Å². The standard InChI is InChI=1S/C24H21F7N4O4/c1-12(23(26,27)28)39-19-10-18(35-22(38)34-8-3-2-7-20(34)33-35)16(25)9-13(19)21(37)32-17-6-4-5-15(14(17)11-36)24(29,30)31/h4-6,9-10,12,36H,2-3,7-8,11H2,1H3,(H,32,37)/t12-/m0/s1. The lowest BCUT2D eigenvalue weighted by molar-refractivity contribution is -0.189.